The van der Waals surface area contributed by atoms with Crippen molar-refractivity contribution < 1.29 is 34.1 Å². The summed E-state index contributed by atoms with van der Waals surface area (Å²) in [6.45, 7) is 3.62. The van der Waals surface area contributed by atoms with Crippen LogP contribution in [0.3, 0.4) is 0 Å². The molecule has 2 aromatic carbocycles. The van der Waals surface area contributed by atoms with Gasteiger partial charge in [0.1, 0.15) is 11.8 Å². The van der Waals surface area contributed by atoms with Crippen molar-refractivity contribution in [3.05, 3.63) is 59.7 Å². The minimum absolute atomic E-state index is 0.0183. The van der Waals surface area contributed by atoms with Crippen molar-refractivity contribution in [1.82, 2.24) is 5.32 Å². The smallest absolute Gasteiger partial charge is 0.326 e. The van der Waals surface area contributed by atoms with E-state index in [0.717, 1.165) is 0 Å². The third kappa shape index (κ3) is 7.39. The van der Waals surface area contributed by atoms with Gasteiger partial charge >= 0.3 is 11.9 Å². The van der Waals surface area contributed by atoms with Gasteiger partial charge in [0.2, 0.25) is 5.91 Å². The number of nitrogens with zero attached hydrogens (tertiary/aromatic N) is 1. The van der Waals surface area contributed by atoms with Crippen LogP contribution >= 0.6 is 0 Å². The maximum Gasteiger partial charge on any atom is 0.326 e. The number of ether oxygens (including phenoxy) is 1. The second-order valence-corrected chi connectivity index (χ2v) is 6.57. The molecule has 9 heteroatoms. The maximum atomic E-state index is 12.5. The van der Waals surface area contributed by atoms with Crippen LogP contribution < -0.4 is 10.1 Å². The summed E-state index contributed by atoms with van der Waals surface area (Å²) in [6.07, 6.45) is -0.414. The van der Waals surface area contributed by atoms with Crippen molar-refractivity contribution >= 4 is 36.0 Å². The number of carboxylic acids is 2. The summed E-state index contributed by atoms with van der Waals surface area (Å²) in [4.78, 5) is 49.6. The van der Waals surface area contributed by atoms with Gasteiger partial charge in [-0.3, -0.25) is 19.4 Å². The van der Waals surface area contributed by atoms with E-state index >= 15 is 0 Å². The van der Waals surface area contributed by atoms with Gasteiger partial charge in [-0.15, -0.1) is 0 Å². The van der Waals surface area contributed by atoms with Crippen LogP contribution in [-0.2, 0) is 14.4 Å². The lowest BCUT2D eigenvalue weighted by Gasteiger charge is -2.12. The number of hydrogen-bond donors (Lipinski definition) is 3. The summed E-state index contributed by atoms with van der Waals surface area (Å²) >= 11 is 0. The minimum atomic E-state index is -1.47. The summed E-state index contributed by atoms with van der Waals surface area (Å²) in [5.74, 6) is -2.93. The number of carbonyl (C=O) groups is 4. The number of amides is 1. The number of benzene rings is 2. The van der Waals surface area contributed by atoms with Crippen molar-refractivity contribution in [3.8, 4) is 5.75 Å². The summed E-state index contributed by atoms with van der Waals surface area (Å²) in [7, 11) is 0. The Morgan fingerprint density at radius 1 is 0.968 bits per heavy atom. The van der Waals surface area contributed by atoms with Crippen LogP contribution in [0.25, 0.3) is 0 Å². The molecule has 0 fully saturated rings. The number of aliphatic imine (C=N–C) groups is 1. The van der Waals surface area contributed by atoms with Gasteiger partial charge in [-0.1, -0.05) is 0 Å². The third-order valence-electron chi connectivity index (χ3n) is 4.26. The number of rotatable bonds is 12. The van der Waals surface area contributed by atoms with Gasteiger partial charge in [0.25, 0.3) is 0 Å². The lowest BCUT2D eigenvalue weighted by atomic mass is 10.0. The lowest BCUT2D eigenvalue weighted by Crippen LogP contribution is -2.42. The molecule has 9 nitrogen and oxygen atoms in total. The molecule has 0 aliphatic rings. The van der Waals surface area contributed by atoms with Crippen molar-refractivity contribution in [2.24, 2.45) is 4.99 Å². The number of nitrogens with one attached hydrogen (secondary N) is 1. The van der Waals surface area contributed by atoms with Crippen LogP contribution in [0.2, 0.25) is 0 Å². The molecule has 0 aliphatic carbocycles. The van der Waals surface area contributed by atoms with Crippen LogP contribution in [-0.4, -0.2) is 53.2 Å². The monoisotopic (exact) mass is 426 g/mol. The number of carboxylic acid groups (broad SMARTS) is 2. The molecule has 0 aromatic heterocycles. The fourth-order valence-corrected chi connectivity index (χ4v) is 2.65. The van der Waals surface area contributed by atoms with Crippen molar-refractivity contribution in [1.29, 1.82) is 0 Å². The number of ketones is 1. The molecular formula is C22H22N2O7. The summed E-state index contributed by atoms with van der Waals surface area (Å²) in [5.41, 5.74) is 1.69. The Bertz CT molecular complexity index is 953. The Kier molecular flexibility index (Phi) is 8.44. The molecule has 1 atom stereocenters. The van der Waals surface area contributed by atoms with E-state index < -0.39 is 30.3 Å². The number of hydrogen-bond acceptors (Lipinski definition) is 6. The van der Waals surface area contributed by atoms with Crippen molar-refractivity contribution in [2.75, 3.05) is 6.61 Å². The molecule has 1 amide bonds. The molecule has 31 heavy (non-hydrogen) atoms. The molecule has 0 spiro atoms. The molecule has 1 unspecified atom stereocenters. The first kappa shape index (κ1) is 23.3. The molecule has 0 radical (unpaired) electrons. The van der Waals surface area contributed by atoms with E-state index in [-0.39, 0.29) is 18.8 Å². The summed E-state index contributed by atoms with van der Waals surface area (Å²) in [6, 6.07) is 11.8. The van der Waals surface area contributed by atoms with Gasteiger partial charge in [0, 0.05) is 17.5 Å². The van der Waals surface area contributed by atoms with Gasteiger partial charge in [-0.2, -0.15) is 0 Å². The molecule has 162 valence electrons. The molecule has 0 heterocycles. The fraction of sp³-hybridized carbons (Fsp3) is 0.227. The van der Waals surface area contributed by atoms with Crippen molar-refractivity contribution in [2.45, 2.75) is 25.3 Å². The predicted octanol–water partition coefficient (Wildman–Crippen LogP) is 2.45. The second-order valence-electron chi connectivity index (χ2n) is 6.57. The minimum Gasteiger partial charge on any atom is -0.494 e. The maximum absolute atomic E-state index is 12.5. The average molecular weight is 426 g/mol. The highest BCUT2D eigenvalue weighted by atomic mass is 16.5. The van der Waals surface area contributed by atoms with E-state index in [4.69, 9.17) is 14.9 Å². The highest BCUT2D eigenvalue weighted by molar-refractivity contribution is 6.09. The highest BCUT2D eigenvalue weighted by Crippen LogP contribution is 2.18. The van der Waals surface area contributed by atoms with Crippen molar-refractivity contribution in [3.63, 3.8) is 0 Å². The zero-order chi connectivity index (χ0) is 22.8. The number of carbonyl (C=O) groups excluding carboxylic acids is 2. The third-order valence-corrected chi connectivity index (χ3v) is 4.26. The first-order valence-corrected chi connectivity index (χ1v) is 9.38. The van der Waals surface area contributed by atoms with Gasteiger partial charge in [0.05, 0.1) is 18.7 Å². The Labute approximate surface area is 178 Å². The van der Waals surface area contributed by atoms with E-state index in [0.29, 0.717) is 29.0 Å². The van der Waals surface area contributed by atoms with Gasteiger partial charge in [-0.25, -0.2) is 4.79 Å². The Morgan fingerprint density at radius 2 is 1.55 bits per heavy atom. The highest BCUT2D eigenvalue weighted by Gasteiger charge is 2.22. The van der Waals surface area contributed by atoms with Crippen LogP contribution in [0.1, 0.15) is 35.2 Å². The normalized spacial score (nSPS) is 11.2. The van der Waals surface area contributed by atoms with Crippen LogP contribution in [0, 0.1) is 0 Å². The van der Waals surface area contributed by atoms with Gasteiger partial charge in [-0.05, 0) is 61.7 Å². The zero-order valence-corrected chi connectivity index (χ0v) is 16.6. The van der Waals surface area contributed by atoms with E-state index in [2.05, 4.69) is 17.0 Å². The summed E-state index contributed by atoms with van der Waals surface area (Å²) in [5, 5.41) is 19.7. The first-order chi connectivity index (χ1) is 14.8. The number of aliphatic carboxylic acids is 2. The van der Waals surface area contributed by atoms with Gasteiger partial charge in [0.15, 0.2) is 5.78 Å². The predicted molar refractivity (Wildman–Crippen MR) is 112 cm³/mol. The molecule has 2 aromatic rings. The quantitative estimate of drug-likeness (QED) is 0.269. The van der Waals surface area contributed by atoms with Crippen LogP contribution in [0.4, 0.5) is 5.69 Å². The summed E-state index contributed by atoms with van der Waals surface area (Å²) < 4.78 is 5.52. The lowest BCUT2D eigenvalue weighted by molar-refractivity contribution is -0.147. The molecular weight excluding hydrogens is 404 g/mol. The molecule has 2 rings (SSSR count). The molecule has 0 bridgehead atoms. The molecule has 0 saturated heterocycles. The van der Waals surface area contributed by atoms with E-state index in [9.17, 15) is 19.2 Å². The molecule has 3 N–H and O–H groups in total. The largest absolute Gasteiger partial charge is 0.494 e. The first-order valence-electron chi connectivity index (χ1n) is 9.38. The molecule has 0 saturated carbocycles. The van der Waals surface area contributed by atoms with E-state index in [1.54, 1.807) is 48.5 Å². The topological polar surface area (TPSA) is 142 Å². The standard InChI is InChI=1S/C22H22N2O7/c1-23-16-8-4-14(5-9-16)21(28)15-6-10-17(11-7-15)31-12-2-3-19(25)24-18(22(29)30)13-20(26)27/h4-11,18H,1-3,12-13H2,(H,24,25)(H,26,27)(H,29,30). The van der Waals surface area contributed by atoms with Crippen LogP contribution in [0.5, 0.6) is 5.75 Å². The fourth-order valence-electron chi connectivity index (χ4n) is 2.65. The van der Waals surface area contributed by atoms with Crippen LogP contribution in [0.15, 0.2) is 53.5 Å². The average Bonchev–Trinajstić information content (AvgIpc) is 2.76. The zero-order valence-electron chi connectivity index (χ0n) is 16.6. The Balaban J connectivity index is 1.79. The van der Waals surface area contributed by atoms with E-state index in [1.807, 2.05) is 0 Å². The second kappa shape index (κ2) is 11.2. The van der Waals surface area contributed by atoms with Gasteiger partial charge < -0.3 is 20.3 Å². The Morgan fingerprint density at radius 3 is 2.06 bits per heavy atom. The van der Waals surface area contributed by atoms with E-state index in [1.165, 1.54) is 0 Å². The molecule has 0 aliphatic heterocycles. The SMILES string of the molecule is C=Nc1ccc(C(=O)c2ccc(OCCCC(=O)NC(CC(=O)O)C(=O)O)cc2)cc1. The Hall–Kier alpha value is -4.01.